The molecule has 0 spiro atoms. The van der Waals surface area contributed by atoms with Crippen LogP contribution in [0.4, 0.5) is 0 Å². The van der Waals surface area contributed by atoms with Crippen LogP contribution in [0.25, 0.3) is 0 Å². The number of hydrogen-bond acceptors (Lipinski definition) is 3. The van der Waals surface area contributed by atoms with Crippen molar-refractivity contribution < 1.29 is 5.11 Å². The van der Waals surface area contributed by atoms with Gasteiger partial charge in [-0.25, -0.2) is 0 Å². The second-order valence-electron chi connectivity index (χ2n) is 5.00. The number of halogens is 1. The number of thiophene rings is 1. The van der Waals surface area contributed by atoms with E-state index in [1.54, 1.807) is 11.3 Å². The molecule has 2 N–H and O–H groups in total. The van der Waals surface area contributed by atoms with Crippen molar-refractivity contribution in [2.45, 2.75) is 39.8 Å². The quantitative estimate of drug-likeness (QED) is 0.874. The molecule has 0 saturated heterocycles. The number of hydrogen-bond donors (Lipinski definition) is 2. The number of aliphatic hydroxyl groups excluding tert-OH is 1. The zero-order chi connectivity index (χ0) is 12.2. The Morgan fingerprint density at radius 3 is 2.62 bits per heavy atom. The second kappa shape index (κ2) is 6.15. The monoisotopic (exact) mass is 305 g/mol. The maximum atomic E-state index is 9.07. The van der Waals surface area contributed by atoms with E-state index in [9.17, 15) is 0 Å². The zero-order valence-corrected chi connectivity index (χ0v) is 12.5. The maximum absolute atomic E-state index is 9.07. The first-order valence-electron chi connectivity index (χ1n) is 5.51. The zero-order valence-electron chi connectivity index (χ0n) is 10.1. The Labute approximate surface area is 110 Å². The number of rotatable bonds is 5. The van der Waals surface area contributed by atoms with Gasteiger partial charge in [0.1, 0.15) is 0 Å². The van der Waals surface area contributed by atoms with Crippen LogP contribution in [0.1, 0.15) is 32.1 Å². The van der Waals surface area contributed by atoms with Crippen molar-refractivity contribution in [3.63, 3.8) is 0 Å². The molecule has 4 heteroatoms. The maximum Gasteiger partial charge on any atom is 0.0446 e. The fraction of sp³-hybridized carbons (Fsp3) is 0.667. The Hall–Kier alpha value is 0.100. The molecule has 2 nitrogen and oxygen atoms in total. The summed E-state index contributed by atoms with van der Waals surface area (Å²) in [5, 5.41) is 14.7. The molecule has 16 heavy (non-hydrogen) atoms. The third-order valence-electron chi connectivity index (χ3n) is 2.66. The highest BCUT2D eigenvalue weighted by Crippen LogP contribution is 2.25. The van der Waals surface area contributed by atoms with Crippen LogP contribution in [0, 0.1) is 5.41 Å². The SMILES string of the molecule is CC(C)(C)C(CCO)NCc1sccc1Br. The van der Waals surface area contributed by atoms with Gasteiger partial charge in [-0.05, 0) is 39.2 Å². The summed E-state index contributed by atoms with van der Waals surface area (Å²) < 4.78 is 1.17. The number of nitrogens with one attached hydrogen (secondary N) is 1. The van der Waals surface area contributed by atoms with Crippen molar-refractivity contribution in [2.24, 2.45) is 5.41 Å². The summed E-state index contributed by atoms with van der Waals surface area (Å²) in [6.07, 6.45) is 0.798. The molecular formula is C12H20BrNOS. The van der Waals surface area contributed by atoms with E-state index < -0.39 is 0 Å². The van der Waals surface area contributed by atoms with Gasteiger partial charge in [0.15, 0.2) is 0 Å². The van der Waals surface area contributed by atoms with E-state index in [0.717, 1.165) is 13.0 Å². The summed E-state index contributed by atoms with van der Waals surface area (Å²) in [5.41, 5.74) is 0.173. The van der Waals surface area contributed by atoms with Gasteiger partial charge in [-0.2, -0.15) is 0 Å². The van der Waals surface area contributed by atoms with Crippen molar-refractivity contribution in [2.75, 3.05) is 6.61 Å². The first-order valence-corrected chi connectivity index (χ1v) is 7.18. The van der Waals surface area contributed by atoms with Gasteiger partial charge in [0.2, 0.25) is 0 Å². The largest absolute Gasteiger partial charge is 0.396 e. The minimum absolute atomic E-state index is 0.173. The molecule has 0 aliphatic heterocycles. The molecule has 0 fully saturated rings. The van der Waals surface area contributed by atoms with Crippen molar-refractivity contribution in [1.29, 1.82) is 0 Å². The van der Waals surface area contributed by atoms with E-state index in [1.807, 2.05) is 0 Å². The summed E-state index contributed by atoms with van der Waals surface area (Å²) in [6, 6.07) is 2.41. The molecule has 1 aromatic heterocycles. The van der Waals surface area contributed by atoms with Crippen molar-refractivity contribution >= 4 is 27.3 Å². The normalized spacial score (nSPS) is 14.1. The standard InChI is InChI=1S/C12H20BrNOS/c1-12(2,3)11(4-6-15)14-8-10-9(13)5-7-16-10/h5,7,11,14-15H,4,6,8H2,1-3H3. The van der Waals surface area contributed by atoms with Gasteiger partial charge in [0.05, 0.1) is 0 Å². The highest BCUT2D eigenvalue weighted by molar-refractivity contribution is 9.10. The summed E-state index contributed by atoms with van der Waals surface area (Å²) in [7, 11) is 0. The summed E-state index contributed by atoms with van der Waals surface area (Å²) >= 11 is 5.28. The summed E-state index contributed by atoms with van der Waals surface area (Å²) in [5.74, 6) is 0. The van der Waals surface area contributed by atoms with E-state index >= 15 is 0 Å². The Kier molecular flexibility index (Phi) is 5.44. The Balaban J connectivity index is 2.54. The molecule has 1 heterocycles. The molecule has 1 atom stereocenters. The molecule has 92 valence electrons. The average molecular weight is 306 g/mol. The fourth-order valence-corrected chi connectivity index (χ4v) is 3.08. The van der Waals surface area contributed by atoms with Gasteiger partial charge in [-0.3, -0.25) is 0 Å². The molecule has 0 aliphatic carbocycles. The van der Waals surface area contributed by atoms with Crippen LogP contribution in [0.3, 0.4) is 0 Å². The van der Waals surface area contributed by atoms with Crippen molar-refractivity contribution in [1.82, 2.24) is 5.32 Å². The molecule has 1 rings (SSSR count). The summed E-state index contributed by atoms with van der Waals surface area (Å²) in [4.78, 5) is 1.31. The molecule has 0 saturated carbocycles. The van der Waals surface area contributed by atoms with Gasteiger partial charge in [0.25, 0.3) is 0 Å². The van der Waals surface area contributed by atoms with Crippen molar-refractivity contribution in [3.8, 4) is 0 Å². The van der Waals surface area contributed by atoms with Gasteiger partial charge >= 0.3 is 0 Å². The predicted molar refractivity (Wildman–Crippen MR) is 73.8 cm³/mol. The van der Waals surface area contributed by atoms with E-state index in [4.69, 9.17) is 5.11 Å². The Bertz CT molecular complexity index is 319. The van der Waals surface area contributed by atoms with Crippen LogP contribution in [-0.4, -0.2) is 17.8 Å². The van der Waals surface area contributed by atoms with E-state index in [2.05, 4.69) is 53.5 Å². The summed E-state index contributed by atoms with van der Waals surface area (Å²) in [6.45, 7) is 7.69. The van der Waals surface area contributed by atoms with E-state index in [-0.39, 0.29) is 12.0 Å². The van der Waals surface area contributed by atoms with Gasteiger partial charge < -0.3 is 10.4 Å². The highest BCUT2D eigenvalue weighted by Gasteiger charge is 2.23. The molecular weight excluding hydrogens is 286 g/mol. The minimum Gasteiger partial charge on any atom is -0.396 e. The van der Waals surface area contributed by atoms with E-state index in [1.165, 1.54) is 9.35 Å². The molecule has 1 aromatic rings. The lowest BCUT2D eigenvalue weighted by Crippen LogP contribution is -2.40. The first-order chi connectivity index (χ1) is 7.45. The molecule has 0 bridgehead atoms. The first kappa shape index (κ1) is 14.2. The minimum atomic E-state index is 0.173. The smallest absolute Gasteiger partial charge is 0.0446 e. The van der Waals surface area contributed by atoms with Gasteiger partial charge in [-0.15, -0.1) is 11.3 Å². The average Bonchev–Trinajstić information content (AvgIpc) is 2.57. The lowest BCUT2D eigenvalue weighted by molar-refractivity contribution is 0.196. The van der Waals surface area contributed by atoms with Crippen LogP contribution in [0.2, 0.25) is 0 Å². The van der Waals surface area contributed by atoms with Crippen LogP contribution >= 0.6 is 27.3 Å². The van der Waals surface area contributed by atoms with Gasteiger partial charge in [-0.1, -0.05) is 20.8 Å². The van der Waals surface area contributed by atoms with E-state index in [0.29, 0.717) is 6.04 Å². The molecule has 1 unspecified atom stereocenters. The Morgan fingerprint density at radius 2 is 2.19 bits per heavy atom. The van der Waals surface area contributed by atoms with Gasteiger partial charge in [0, 0.05) is 28.5 Å². The highest BCUT2D eigenvalue weighted by atomic mass is 79.9. The molecule has 0 radical (unpaired) electrons. The fourth-order valence-electron chi connectivity index (χ4n) is 1.64. The number of aliphatic hydroxyl groups is 1. The Morgan fingerprint density at radius 1 is 1.50 bits per heavy atom. The topological polar surface area (TPSA) is 32.3 Å². The van der Waals surface area contributed by atoms with Crippen LogP contribution in [0.15, 0.2) is 15.9 Å². The molecule has 0 amide bonds. The van der Waals surface area contributed by atoms with Crippen molar-refractivity contribution in [3.05, 3.63) is 20.8 Å². The second-order valence-corrected chi connectivity index (χ2v) is 6.86. The lowest BCUT2D eigenvalue weighted by Gasteiger charge is -2.31. The van der Waals surface area contributed by atoms with Crippen LogP contribution in [0.5, 0.6) is 0 Å². The third kappa shape index (κ3) is 4.17. The molecule has 0 aliphatic rings. The van der Waals surface area contributed by atoms with Crippen LogP contribution in [-0.2, 0) is 6.54 Å². The lowest BCUT2D eigenvalue weighted by atomic mass is 9.85. The van der Waals surface area contributed by atoms with Crippen LogP contribution < -0.4 is 5.32 Å². The molecule has 0 aromatic carbocycles. The predicted octanol–water partition coefficient (Wildman–Crippen LogP) is 3.40. The third-order valence-corrected chi connectivity index (χ3v) is 4.59.